The summed E-state index contributed by atoms with van der Waals surface area (Å²) in [5.74, 6) is 4.03. The molecule has 0 aromatic heterocycles. The van der Waals surface area contributed by atoms with Gasteiger partial charge in [-0.25, -0.2) is 0 Å². The molecule has 4 saturated carbocycles. The number of aliphatic hydroxyl groups is 1. The number of ketones is 1. The number of hydrogen-bond acceptors (Lipinski definition) is 2. The smallest absolute Gasteiger partial charge is 0.136 e. The van der Waals surface area contributed by atoms with Gasteiger partial charge in [0.1, 0.15) is 5.78 Å². The van der Waals surface area contributed by atoms with Crippen LogP contribution in [-0.4, -0.2) is 16.5 Å². The molecule has 4 aliphatic carbocycles. The molecular formula is C24H40O2. The maximum Gasteiger partial charge on any atom is 0.136 e. The van der Waals surface area contributed by atoms with E-state index < -0.39 is 5.60 Å². The fraction of sp³-hybridized carbons (Fsp3) is 0.958. The first-order valence-electron chi connectivity index (χ1n) is 11.5. The molecule has 0 aromatic carbocycles. The van der Waals surface area contributed by atoms with Crippen molar-refractivity contribution in [2.45, 2.75) is 104 Å². The van der Waals surface area contributed by atoms with Gasteiger partial charge in [-0.15, -0.1) is 0 Å². The van der Waals surface area contributed by atoms with Crippen LogP contribution in [0.15, 0.2) is 0 Å². The lowest BCUT2D eigenvalue weighted by molar-refractivity contribution is -0.158. The van der Waals surface area contributed by atoms with Crippen molar-refractivity contribution in [2.24, 2.45) is 40.4 Å². The van der Waals surface area contributed by atoms with E-state index in [0.717, 1.165) is 49.4 Å². The van der Waals surface area contributed by atoms with Gasteiger partial charge in [0, 0.05) is 12.3 Å². The maximum atomic E-state index is 12.6. The van der Waals surface area contributed by atoms with Crippen LogP contribution in [0.2, 0.25) is 0 Å². The number of fused-ring (bicyclic) bond motifs is 5. The summed E-state index contributed by atoms with van der Waals surface area (Å²) in [5.41, 5.74) is 0.306. The van der Waals surface area contributed by atoms with E-state index in [1.165, 1.54) is 44.9 Å². The molecule has 0 amide bonds. The molecule has 148 valence electrons. The molecule has 0 heterocycles. The van der Waals surface area contributed by atoms with E-state index in [1.807, 2.05) is 0 Å². The average Bonchev–Trinajstić information content (AvgIpc) is 2.97. The molecule has 0 saturated heterocycles. The second-order valence-electron chi connectivity index (χ2n) is 10.9. The highest BCUT2D eigenvalue weighted by Crippen LogP contribution is 2.69. The third-order valence-corrected chi connectivity index (χ3v) is 10.0. The Hall–Kier alpha value is -0.370. The summed E-state index contributed by atoms with van der Waals surface area (Å²) >= 11 is 0. The zero-order valence-electron chi connectivity index (χ0n) is 17.5. The van der Waals surface area contributed by atoms with E-state index >= 15 is 0 Å². The van der Waals surface area contributed by atoms with E-state index in [9.17, 15) is 9.90 Å². The molecule has 0 spiro atoms. The van der Waals surface area contributed by atoms with Crippen molar-refractivity contribution < 1.29 is 9.90 Å². The summed E-state index contributed by atoms with van der Waals surface area (Å²) in [7, 11) is 0. The van der Waals surface area contributed by atoms with Crippen LogP contribution in [0, 0.1) is 40.4 Å². The number of carbonyl (C=O) groups excluding carboxylic acids is 1. The van der Waals surface area contributed by atoms with Gasteiger partial charge in [-0.3, -0.25) is 4.79 Å². The Morgan fingerprint density at radius 3 is 2.42 bits per heavy atom. The molecule has 26 heavy (non-hydrogen) atoms. The third kappa shape index (κ3) is 2.57. The van der Waals surface area contributed by atoms with Crippen LogP contribution in [0.4, 0.5) is 0 Å². The van der Waals surface area contributed by atoms with Crippen LogP contribution >= 0.6 is 0 Å². The first-order valence-corrected chi connectivity index (χ1v) is 11.5. The van der Waals surface area contributed by atoms with Crippen molar-refractivity contribution >= 4 is 5.78 Å². The predicted octanol–water partition coefficient (Wildman–Crippen LogP) is 5.77. The lowest BCUT2D eigenvalue weighted by Crippen LogP contribution is -2.56. The largest absolute Gasteiger partial charge is 0.390 e. The number of Topliss-reactive ketones (excluding diaryl/α,β-unsaturated/α-hetero) is 1. The summed E-state index contributed by atoms with van der Waals surface area (Å²) in [4.78, 5) is 12.6. The van der Waals surface area contributed by atoms with Crippen molar-refractivity contribution in [3.63, 3.8) is 0 Å². The monoisotopic (exact) mass is 360 g/mol. The highest BCUT2D eigenvalue weighted by molar-refractivity contribution is 5.82. The molecule has 0 radical (unpaired) electrons. The molecule has 4 fully saturated rings. The summed E-state index contributed by atoms with van der Waals surface area (Å²) in [5, 5.41) is 10.7. The molecule has 1 N–H and O–H groups in total. The van der Waals surface area contributed by atoms with Crippen molar-refractivity contribution in [2.75, 3.05) is 0 Å². The van der Waals surface area contributed by atoms with Gasteiger partial charge in [0.2, 0.25) is 0 Å². The first-order chi connectivity index (χ1) is 12.3. The van der Waals surface area contributed by atoms with E-state index in [2.05, 4.69) is 27.7 Å². The van der Waals surface area contributed by atoms with Gasteiger partial charge in [-0.05, 0) is 106 Å². The first kappa shape index (κ1) is 19.0. The Morgan fingerprint density at radius 2 is 1.73 bits per heavy atom. The SMILES string of the molecule is CCC(=O)[C@H]1CC[C@H]2[C@@H]3CC[C@H]4C[C@](C)(O)CC[C@]4(CC)[C@H]3CC[C@]12C. The molecule has 4 aliphatic rings. The Bertz CT molecular complexity index is 567. The molecule has 0 aromatic rings. The molecule has 2 heteroatoms. The molecule has 0 bridgehead atoms. The minimum absolute atomic E-state index is 0.274. The van der Waals surface area contributed by atoms with Crippen LogP contribution in [0.3, 0.4) is 0 Å². The molecule has 2 nitrogen and oxygen atoms in total. The quantitative estimate of drug-likeness (QED) is 0.694. The minimum Gasteiger partial charge on any atom is -0.390 e. The van der Waals surface area contributed by atoms with Gasteiger partial charge in [0.05, 0.1) is 5.60 Å². The van der Waals surface area contributed by atoms with Crippen molar-refractivity contribution in [3.8, 4) is 0 Å². The Morgan fingerprint density at radius 1 is 0.962 bits per heavy atom. The van der Waals surface area contributed by atoms with Crippen molar-refractivity contribution in [1.82, 2.24) is 0 Å². The highest BCUT2D eigenvalue weighted by Gasteiger charge is 2.62. The van der Waals surface area contributed by atoms with Crippen molar-refractivity contribution in [3.05, 3.63) is 0 Å². The van der Waals surface area contributed by atoms with Gasteiger partial charge < -0.3 is 5.11 Å². The maximum absolute atomic E-state index is 12.6. The second kappa shape index (κ2) is 6.33. The van der Waals surface area contributed by atoms with Gasteiger partial charge in [-0.1, -0.05) is 20.8 Å². The van der Waals surface area contributed by atoms with Crippen LogP contribution in [0.1, 0.15) is 98.3 Å². The Kier molecular flexibility index (Phi) is 4.61. The number of carbonyl (C=O) groups is 1. The zero-order chi connectivity index (χ0) is 18.7. The average molecular weight is 361 g/mol. The van der Waals surface area contributed by atoms with Crippen molar-refractivity contribution in [1.29, 1.82) is 0 Å². The standard InChI is InChI=1S/C24H40O2/c1-5-21(25)20-10-9-18-17-8-7-16-15-22(3,26)13-14-24(16,6-2)19(17)11-12-23(18,20)4/h16-20,26H,5-15H2,1-4H3/t16-,17-,18-,19-,20+,22+,23-,24-/m0/s1. The van der Waals surface area contributed by atoms with Gasteiger partial charge in [0.15, 0.2) is 0 Å². The molecule has 4 rings (SSSR count). The Balaban J connectivity index is 1.62. The fourth-order valence-electron chi connectivity index (χ4n) is 8.72. The molecule has 0 aliphatic heterocycles. The predicted molar refractivity (Wildman–Crippen MR) is 106 cm³/mol. The van der Waals surface area contributed by atoms with E-state index in [4.69, 9.17) is 0 Å². The van der Waals surface area contributed by atoms with Gasteiger partial charge in [0.25, 0.3) is 0 Å². The highest BCUT2D eigenvalue weighted by atomic mass is 16.3. The van der Waals surface area contributed by atoms with Gasteiger partial charge >= 0.3 is 0 Å². The van der Waals surface area contributed by atoms with Crippen LogP contribution < -0.4 is 0 Å². The normalized spacial score (nSPS) is 53.5. The summed E-state index contributed by atoms with van der Waals surface area (Å²) in [6.45, 7) is 9.00. The van der Waals surface area contributed by atoms with Crippen LogP contribution in [-0.2, 0) is 4.79 Å². The lowest BCUT2D eigenvalue weighted by atomic mass is 9.42. The van der Waals surface area contributed by atoms with Crippen LogP contribution in [0.25, 0.3) is 0 Å². The van der Waals surface area contributed by atoms with E-state index in [1.54, 1.807) is 0 Å². The van der Waals surface area contributed by atoms with E-state index in [0.29, 0.717) is 17.1 Å². The Labute approximate surface area is 160 Å². The topological polar surface area (TPSA) is 37.3 Å². The minimum atomic E-state index is -0.439. The third-order valence-electron chi connectivity index (χ3n) is 10.0. The van der Waals surface area contributed by atoms with Gasteiger partial charge in [-0.2, -0.15) is 0 Å². The summed E-state index contributed by atoms with van der Waals surface area (Å²) in [6, 6.07) is 0. The molecular weight excluding hydrogens is 320 g/mol. The van der Waals surface area contributed by atoms with E-state index in [-0.39, 0.29) is 5.41 Å². The summed E-state index contributed by atoms with van der Waals surface area (Å²) < 4.78 is 0. The lowest BCUT2D eigenvalue weighted by Gasteiger charge is -2.63. The summed E-state index contributed by atoms with van der Waals surface area (Å²) in [6.07, 6.45) is 12.9. The molecule has 0 unspecified atom stereocenters. The molecule has 8 atom stereocenters. The number of hydrogen-bond donors (Lipinski definition) is 1. The second-order valence-corrected chi connectivity index (χ2v) is 10.9. The zero-order valence-corrected chi connectivity index (χ0v) is 17.5. The van der Waals surface area contributed by atoms with Crippen LogP contribution in [0.5, 0.6) is 0 Å². The number of rotatable bonds is 3. The fourth-order valence-corrected chi connectivity index (χ4v) is 8.72.